The summed E-state index contributed by atoms with van der Waals surface area (Å²) < 4.78 is 0. The smallest absolute Gasteiger partial charge is 0.162 e. The van der Waals surface area contributed by atoms with E-state index in [9.17, 15) is 0 Å². The van der Waals surface area contributed by atoms with Crippen LogP contribution in [-0.2, 0) is 0 Å². The van der Waals surface area contributed by atoms with Crippen molar-refractivity contribution in [3.05, 3.63) is 40.9 Å². The highest BCUT2D eigenvalue weighted by Gasteiger charge is 2.03. The van der Waals surface area contributed by atoms with E-state index in [0.29, 0.717) is 11.0 Å². The van der Waals surface area contributed by atoms with Crippen LogP contribution in [0.3, 0.4) is 0 Å². The Labute approximate surface area is 93.2 Å². The summed E-state index contributed by atoms with van der Waals surface area (Å²) in [7, 11) is 0. The molecule has 4 heteroatoms. The van der Waals surface area contributed by atoms with Crippen molar-refractivity contribution in [1.82, 2.24) is 15.0 Å². The van der Waals surface area contributed by atoms with Gasteiger partial charge in [0.2, 0.25) is 0 Å². The second kappa shape index (κ2) is 3.95. The molecule has 76 valence electrons. The Morgan fingerprint density at radius 3 is 2.47 bits per heavy atom. The Balaban J connectivity index is 2.49. The third-order valence-corrected chi connectivity index (χ3v) is 2.19. The van der Waals surface area contributed by atoms with Crippen molar-refractivity contribution in [2.45, 2.75) is 13.8 Å². The van der Waals surface area contributed by atoms with Crippen LogP contribution >= 0.6 is 11.6 Å². The molecule has 0 atom stereocenters. The molecule has 0 radical (unpaired) electrons. The number of rotatable bonds is 1. The van der Waals surface area contributed by atoms with Gasteiger partial charge < -0.3 is 0 Å². The Morgan fingerprint density at radius 2 is 1.87 bits per heavy atom. The fraction of sp³-hybridized carbons (Fsp3) is 0.182. The predicted molar refractivity (Wildman–Crippen MR) is 59.7 cm³/mol. The SMILES string of the molecule is Cc1ccc(-c2nc(C)cc(Cl)n2)cn1. The van der Waals surface area contributed by atoms with Gasteiger partial charge in [-0.25, -0.2) is 9.97 Å². The molecule has 3 nitrogen and oxygen atoms in total. The molecule has 15 heavy (non-hydrogen) atoms. The zero-order valence-electron chi connectivity index (χ0n) is 8.53. The number of hydrogen-bond donors (Lipinski definition) is 0. The number of nitrogens with zero attached hydrogens (tertiary/aromatic N) is 3. The largest absolute Gasteiger partial charge is 0.261 e. The van der Waals surface area contributed by atoms with Crippen molar-refractivity contribution in [1.29, 1.82) is 0 Å². The first kappa shape index (κ1) is 10.1. The summed E-state index contributed by atoms with van der Waals surface area (Å²) in [4.78, 5) is 12.6. The van der Waals surface area contributed by atoms with Crippen LogP contribution in [0.4, 0.5) is 0 Å². The molecule has 0 amide bonds. The van der Waals surface area contributed by atoms with E-state index in [0.717, 1.165) is 17.0 Å². The van der Waals surface area contributed by atoms with E-state index in [-0.39, 0.29) is 0 Å². The summed E-state index contributed by atoms with van der Waals surface area (Å²) in [5, 5.41) is 0.457. The Hall–Kier alpha value is -1.48. The van der Waals surface area contributed by atoms with Crippen LogP contribution in [0.15, 0.2) is 24.4 Å². The highest BCUT2D eigenvalue weighted by molar-refractivity contribution is 6.29. The monoisotopic (exact) mass is 219 g/mol. The molecule has 0 N–H and O–H groups in total. The molecule has 0 aliphatic heterocycles. The molecule has 0 aliphatic rings. The van der Waals surface area contributed by atoms with Crippen molar-refractivity contribution in [2.24, 2.45) is 0 Å². The molecule has 0 aromatic carbocycles. The van der Waals surface area contributed by atoms with Crippen molar-refractivity contribution in [3.8, 4) is 11.4 Å². The van der Waals surface area contributed by atoms with Gasteiger partial charge in [-0.3, -0.25) is 4.98 Å². The second-order valence-corrected chi connectivity index (χ2v) is 3.73. The van der Waals surface area contributed by atoms with Crippen molar-refractivity contribution < 1.29 is 0 Å². The molecule has 0 unspecified atom stereocenters. The summed E-state index contributed by atoms with van der Waals surface area (Å²) >= 11 is 5.86. The van der Waals surface area contributed by atoms with Crippen LogP contribution in [0.2, 0.25) is 5.15 Å². The lowest BCUT2D eigenvalue weighted by molar-refractivity contribution is 1.10. The highest BCUT2D eigenvalue weighted by atomic mass is 35.5. The van der Waals surface area contributed by atoms with Crippen molar-refractivity contribution in [2.75, 3.05) is 0 Å². The minimum absolute atomic E-state index is 0.457. The Morgan fingerprint density at radius 1 is 1.07 bits per heavy atom. The van der Waals surface area contributed by atoms with E-state index in [4.69, 9.17) is 11.6 Å². The van der Waals surface area contributed by atoms with Crippen LogP contribution in [0, 0.1) is 13.8 Å². The van der Waals surface area contributed by atoms with E-state index < -0.39 is 0 Å². The lowest BCUT2D eigenvalue weighted by Crippen LogP contribution is -1.93. The van der Waals surface area contributed by atoms with Crippen LogP contribution in [0.25, 0.3) is 11.4 Å². The maximum atomic E-state index is 5.86. The Kier molecular flexibility index (Phi) is 2.64. The fourth-order valence-electron chi connectivity index (χ4n) is 1.26. The second-order valence-electron chi connectivity index (χ2n) is 3.34. The average molecular weight is 220 g/mol. The number of hydrogen-bond acceptors (Lipinski definition) is 3. The molecule has 0 aliphatic carbocycles. The standard InChI is InChI=1S/C11H10ClN3/c1-7-3-4-9(6-13-7)11-14-8(2)5-10(12)15-11/h3-6H,1-2H3. The van der Waals surface area contributed by atoms with Gasteiger partial charge in [0.15, 0.2) is 5.82 Å². The van der Waals surface area contributed by atoms with Gasteiger partial charge >= 0.3 is 0 Å². The number of halogens is 1. The molecule has 2 rings (SSSR count). The average Bonchev–Trinajstić information content (AvgIpc) is 2.17. The van der Waals surface area contributed by atoms with Gasteiger partial charge in [-0.1, -0.05) is 11.6 Å². The van der Waals surface area contributed by atoms with Gasteiger partial charge in [0.1, 0.15) is 5.15 Å². The zero-order valence-corrected chi connectivity index (χ0v) is 9.28. The molecule has 0 spiro atoms. The fourth-order valence-corrected chi connectivity index (χ4v) is 1.50. The summed E-state index contributed by atoms with van der Waals surface area (Å²) in [5.41, 5.74) is 2.70. The summed E-state index contributed by atoms with van der Waals surface area (Å²) in [6.45, 7) is 3.83. The quantitative estimate of drug-likeness (QED) is 0.693. The number of pyridine rings is 1. The maximum absolute atomic E-state index is 5.86. The van der Waals surface area contributed by atoms with Gasteiger partial charge in [-0.2, -0.15) is 0 Å². The molecular formula is C11H10ClN3. The number of aromatic nitrogens is 3. The van der Waals surface area contributed by atoms with Gasteiger partial charge in [0, 0.05) is 23.1 Å². The van der Waals surface area contributed by atoms with Crippen LogP contribution in [-0.4, -0.2) is 15.0 Å². The van der Waals surface area contributed by atoms with E-state index in [2.05, 4.69) is 15.0 Å². The minimum atomic E-state index is 0.457. The van der Waals surface area contributed by atoms with E-state index in [1.54, 1.807) is 12.3 Å². The molecule has 0 fully saturated rings. The van der Waals surface area contributed by atoms with Crippen molar-refractivity contribution in [3.63, 3.8) is 0 Å². The normalized spacial score (nSPS) is 10.3. The van der Waals surface area contributed by atoms with Crippen molar-refractivity contribution >= 4 is 11.6 Å². The number of aryl methyl sites for hydroxylation is 2. The van der Waals surface area contributed by atoms with Crippen LogP contribution in [0.5, 0.6) is 0 Å². The van der Waals surface area contributed by atoms with Gasteiger partial charge in [-0.15, -0.1) is 0 Å². The summed E-state index contributed by atoms with van der Waals surface area (Å²) in [5.74, 6) is 0.618. The third-order valence-electron chi connectivity index (χ3n) is 1.99. The molecule has 2 heterocycles. The van der Waals surface area contributed by atoms with E-state index in [1.807, 2.05) is 26.0 Å². The minimum Gasteiger partial charge on any atom is -0.261 e. The van der Waals surface area contributed by atoms with Gasteiger partial charge in [0.25, 0.3) is 0 Å². The molecule has 2 aromatic rings. The molecular weight excluding hydrogens is 210 g/mol. The summed E-state index contributed by atoms with van der Waals surface area (Å²) in [6, 6.07) is 5.59. The van der Waals surface area contributed by atoms with Gasteiger partial charge in [0.05, 0.1) is 0 Å². The van der Waals surface area contributed by atoms with E-state index in [1.165, 1.54) is 0 Å². The Bertz CT molecular complexity index is 459. The van der Waals surface area contributed by atoms with Gasteiger partial charge in [-0.05, 0) is 32.0 Å². The first-order valence-corrected chi connectivity index (χ1v) is 4.97. The zero-order chi connectivity index (χ0) is 10.8. The van der Waals surface area contributed by atoms with Crippen LogP contribution < -0.4 is 0 Å². The third kappa shape index (κ3) is 2.30. The topological polar surface area (TPSA) is 38.7 Å². The van der Waals surface area contributed by atoms with E-state index >= 15 is 0 Å². The summed E-state index contributed by atoms with van der Waals surface area (Å²) in [6.07, 6.45) is 1.75. The lowest BCUT2D eigenvalue weighted by atomic mass is 10.2. The lowest BCUT2D eigenvalue weighted by Gasteiger charge is -2.01. The molecule has 2 aromatic heterocycles. The maximum Gasteiger partial charge on any atom is 0.162 e. The van der Waals surface area contributed by atoms with Crippen LogP contribution in [0.1, 0.15) is 11.4 Å². The molecule has 0 bridgehead atoms. The predicted octanol–water partition coefficient (Wildman–Crippen LogP) is 2.81. The molecule has 0 saturated heterocycles. The first-order chi connectivity index (χ1) is 7.15. The molecule has 0 saturated carbocycles. The first-order valence-electron chi connectivity index (χ1n) is 4.59. The highest BCUT2D eigenvalue weighted by Crippen LogP contribution is 2.16.